The van der Waals surface area contributed by atoms with Gasteiger partial charge in [-0.05, 0) is 6.07 Å². The van der Waals surface area contributed by atoms with Crippen molar-refractivity contribution < 1.29 is 0 Å². The van der Waals surface area contributed by atoms with Crippen molar-refractivity contribution in [1.82, 2.24) is 9.97 Å². The van der Waals surface area contributed by atoms with Crippen LogP contribution < -0.4 is 11.1 Å². The van der Waals surface area contributed by atoms with E-state index < -0.39 is 0 Å². The molecule has 66 valence electrons. The molecule has 13 heavy (non-hydrogen) atoms. The van der Waals surface area contributed by atoms with Gasteiger partial charge in [-0.25, -0.2) is 4.98 Å². The highest BCUT2D eigenvalue weighted by molar-refractivity contribution is 7.13. The van der Waals surface area contributed by atoms with Gasteiger partial charge in [0.25, 0.3) is 0 Å². The number of aromatic nitrogens is 2. The van der Waals surface area contributed by atoms with E-state index >= 15 is 0 Å². The average Bonchev–Trinajstić information content (AvgIpc) is 2.61. The molecule has 2 aromatic heterocycles. The van der Waals surface area contributed by atoms with Gasteiger partial charge in [0.05, 0.1) is 17.6 Å². The summed E-state index contributed by atoms with van der Waals surface area (Å²) in [6.07, 6.45) is 5.03. The highest BCUT2D eigenvalue weighted by Gasteiger charge is 1.99. The Morgan fingerprint density at radius 1 is 1.38 bits per heavy atom. The predicted octanol–water partition coefficient (Wildman–Crippen LogP) is 1.86. The van der Waals surface area contributed by atoms with E-state index in [0.29, 0.717) is 5.69 Å². The average molecular weight is 192 g/mol. The summed E-state index contributed by atoms with van der Waals surface area (Å²) in [5.41, 5.74) is 7.15. The lowest BCUT2D eigenvalue weighted by Crippen LogP contribution is -1.95. The number of pyridine rings is 1. The second-order valence-corrected chi connectivity index (χ2v) is 3.32. The van der Waals surface area contributed by atoms with Crippen molar-refractivity contribution in [2.45, 2.75) is 0 Å². The Bertz CT molecular complexity index is 385. The molecule has 0 amide bonds. The standard InChI is InChI=1S/C8H8N4S/c9-6-5-10-2-1-7(6)12-8-11-3-4-13-8/h1-5H,9H2,(H,10,11,12). The van der Waals surface area contributed by atoms with Crippen molar-refractivity contribution in [3.05, 3.63) is 30.0 Å². The first-order chi connectivity index (χ1) is 6.36. The quantitative estimate of drug-likeness (QED) is 0.762. The summed E-state index contributed by atoms with van der Waals surface area (Å²) in [6.45, 7) is 0. The van der Waals surface area contributed by atoms with Gasteiger partial charge in [0.2, 0.25) is 0 Å². The zero-order valence-corrected chi connectivity index (χ0v) is 7.58. The van der Waals surface area contributed by atoms with Crippen LogP contribution in [0.15, 0.2) is 30.0 Å². The topological polar surface area (TPSA) is 63.8 Å². The molecule has 0 aliphatic rings. The number of nitrogens with zero attached hydrogens (tertiary/aromatic N) is 2. The number of nitrogens with two attached hydrogens (primary N) is 1. The van der Waals surface area contributed by atoms with Crippen molar-refractivity contribution >= 4 is 27.8 Å². The highest BCUT2D eigenvalue weighted by Crippen LogP contribution is 2.22. The zero-order chi connectivity index (χ0) is 9.10. The highest BCUT2D eigenvalue weighted by atomic mass is 32.1. The molecule has 2 heterocycles. The van der Waals surface area contributed by atoms with E-state index in [2.05, 4.69) is 15.3 Å². The van der Waals surface area contributed by atoms with Crippen LogP contribution >= 0.6 is 11.3 Å². The van der Waals surface area contributed by atoms with Crippen LogP contribution in [0.5, 0.6) is 0 Å². The summed E-state index contributed by atoms with van der Waals surface area (Å²) < 4.78 is 0. The maximum absolute atomic E-state index is 5.69. The number of thiazole rings is 1. The molecule has 0 atom stereocenters. The summed E-state index contributed by atoms with van der Waals surface area (Å²) in [4.78, 5) is 7.98. The van der Waals surface area contributed by atoms with E-state index in [0.717, 1.165) is 10.8 Å². The molecule has 0 bridgehead atoms. The van der Waals surface area contributed by atoms with Gasteiger partial charge >= 0.3 is 0 Å². The SMILES string of the molecule is Nc1cnccc1Nc1nccs1. The molecule has 0 unspecified atom stereocenters. The fourth-order valence-electron chi connectivity index (χ4n) is 0.921. The second kappa shape index (κ2) is 3.40. The van der Waals surface area contributed by atoms with Gasteiger partial charge in [0.15, 0.2) is 5.13 Å². The van der Waals surface area contributed by atoms with Gasteiger partial charge in [0, 0.05) is 17.8 Å². The molecule has 0 saturated carbocycles. The molecule has 4 nitrogen and oxygen atoms in total. The maximum atomic E-state index is 5.69. The minimum absolute atomic E-state index is 0.623. The Labute approximate surface area is 79.5 Å². The molecule has 0 aromatic carbocycles. The fourth-order valence-corrected chi connectivity index (χ4v) is 1.46. The first kappa shape index (κ1) is 8.00. The normalized spacial score (nSPS) is 9.85. The van der Waals surface area contributed by atoms with E-state index in [9.17, 15) is 0 Å². The summed E-state index contributed by atoms with van der Waals surface area (Å²) in [6, 6.07) is 1.82. The Morgan fingerprint density at radius 3 is 3.00 bits per heavy atom. The summed E-state index contributed by atoms with van der Waals surface area (Å²) in [7, 11) is 0. The Morgan fingerprint density at radius 2 is 2.31 bits per heavy atom. The Kier molecular flexibility index (Phi) is 2.09. The summed E-state index contributed by atoms with van der Waals surface area (Å²) in [5.74, 6) is 0. The molecule has 0 fully saturated rings. The van der Waals surface area contributed by atoms with Gasteiger partial charge < -0.3 is 11.1 Å². The van der Waals surface area contributed by atoms with Gasteiger partial charge in [-0.2, -0.15) is 0 Å². The number of rotatable bonds is 2. The number of nitrogens with one attached hydrogen (secondary N) is 1. The van der Waals surface area contributed by atoms with Crippen LogP contribution in [0.3, 0.4) is 0 Å². The number of hydrogen-bond acceptors (Lipinski definition) is 5. The largest absolute Gasteiger partial charge is 0.396 e. The van der Waals surface area contributed by atoms with Gasteiger partial charge in [0.1, 0.15) is 0 Å². The van der Waals surface area contributed by atoms with Crippen LogP contribution in [0.4, 0.5) is 16.5 Å². The van der Waals surface area contributed by atoms with Crippen LogP contribution in [0, 0.1) is 0 Å². The van der Waals surface area contributed by atoms with Crippen molar-refractivity contribution in [2.75, 3.05) is 11.1 Å². The smallest absolute Gasteiger partial charge is 0.187 e. The molecule has 5 heteroatoms. The van der Waals surface area contributed by atoms with Crippen LogP contribution in [0.1, 0.15) is 0 Å². The van der Waals surface area contributed by atoms with Gasteiger partial charge in [-0.15, -0.1) is 11.3 Å². The number of anilines is 3. The lowest BCUT2D eigenvalue weighted by atomic mass is 10.3. The molecule has 3 N–H and O–H groups in total. The summed E-state index contributed by atoms with van der Waals surface area (Å²) in [5, 5.41) is 5.83. The van der Waals surface area contributed by atoms with E-state index in [4.69, 9.17) is 5.73 Å². The van der Waals surface area contributed by atoms with E-state index in [-0.39, 0.29) is 0 Å². The van der Waals surface area contributed by atoms with Crippen LogP contribution in [0.25, 0.3) is 0 Å². The number of hydrogen-bond donors (Lipinski definition) is 2. The molecule has 2 aromatic rings. The molecular weight excluding hydrogens is 184 g/mol. The lowest BCUT2D eigenvalue weighted by Gasteiger charge is -2.04. The van der Waals surface area contributed by atoms with Crippen molar-refractivity contribution in [1.29, 1.82) is 0 Å². The Hall–Kier alpha value is -1.62. The molecule has 0 aliphatic heterocycles. The third kappa shape index (κ3) is 1.75. The molecule has 2 rings (SSSR count). The third-order valence-corrected chi connectivity index (χ3v) is 2.21. The third-order valence-electron chi connectivity index (χ3n) is 1.53. The van der Waals surface area contributed by atoms with Crippen LogP contribution in [0.2, 0.25) is 0 Å². The van der Waals surface area contributed by atoms with E-state index in [1.165, 1.54) is 11.3 Å². The predicted molar refractivity (Wildman–Crippen MR) is 54.0 cm³/mol. The van der Waals surface area contributed by atoms with Crippen molar-refractivity contribution in [3.63, 3.8) is 0 Å². The molecule has 0 spiro atoms. The molecule has 0 aliphatic carbocycles. The second-order valence-electron chi connectivity index (χ2n) is 2.43. The molecule has 0 radical (unpaired) electrons. The van der Waals surface area contributed by atoms with Crippen molar-refractivity contribution in [2.24, 2.45) is 0 Å². The molecular formula is C8H8N4S. The summed E-state index contributed by atoms with van der Waals surface area (Å²) >= 11 is 1.53. The minimum Gasteiger partial charge on any atom is -0.396 e. The van der Waals surface area contributed by atoms with Crippen LogP contribution in [-0.4, -0.2) is 9.97 Å². The maximum Gasteiger partial charge on any atom is 0.187 e. The van der Waals surface area contributed by atoms with Crippen molar-refractivity contribution in [3.8, 4) is 0 Å². The zero-order valence-electron chi connectivity index (χ0n) is 6.77. The van der Waals surface area contributed by atoms with E-state index in [1.54, 1.807) is 18.6 Å². The van der Waals surface area contributed by atoms with Crippen LogP contribution in [-0.2, 0) is 0 Å². The van der Waals surface area contributed by atoms with Gasteiger partial charge in [-0.1, -0.05) is 0 Å². The minimum atomic E-state index is 0.623. The monoisotopic (exact) mass is 192 g/mol. The first-order valence-electron chi connectivity index (χ1n) is 3.72. The number of nitrogen functional groups attached to an aromatic ring is 1. The first-order valence-corrected chi connectivity index (χ1v) is 4.60. The Balaban J connectivity index is 2.24. The fraction of sp³-hybridized carbons (Fsp3) is 0. The van der Waals surface area contributed by atoms with E-state index in [1.807, 2.05) is 11.4 Å². The lowest BCUT2D eigenvalue weighted by molar-refractivity contribution is 1.32. The van der Waals surface area contributed by atoms with Gasteiger partial charge in [-0.3, -0.25) is 4.98 Å². The molecule has 0 saturated heterocycles.